The van der Waals surface area contributed by atoms with E-state index < -0.39 is 11.7 Å². The van der Waals surface area contributed by atoms with Gasteiger partial charge in [0.15, 0.2) is 0 Å². The first-order valence-electron chi connectivity index (χ1n) is 9.16. The van der Waals surface area contributed by atoms with Gasteiger partial charge in [-0.25, -0.2) is 4.98 Å². The fraction of sp³-hybridized carbons (Fsp3) is 0.227. The molecule has 1 aromatic heterocycles. The van der Waals surface area contributed by atoms with Gasteiger partial charge in [0.1, 0.15) is 11.4 Å². The van der Waals surface area contributed by atoms with Crippen molar-refractivity contribution in [2.75, 3.05) is 10.6 Å². The van der Waals surface area contributed by atoms with Crippen LogP contribution in [-0.4, -0.2) is 9.97 Å². The molecule has 0 spiro atoms. The van der Waals surface area contributed by atoms with Crippen LogP contribution in [0.2, 0.25) is 0 Å². The van der Waals surface area contributed by atoms with Gasteiger partial charge in [-0.05, 0) is 41.3 Å². The van der Waals surface area contributed by atoms with Crippen LogP contribution in [0.15, 0.2) is 54.7 Å². The van der Waals surface area contributed by atoms with Crippen molar-refractivity contribution in [1.82, 2.24) is 9.97 Å². The van der Waals surface area contributed by atoms with Crippen LogP contribution in [0.3, 0.4) is 0 Å². The Bertz CT molecular complexity index is 1080. The van der Waals surface area contributed by atoms with Gasteiger partial charge >= 0.3 is 6.18 Å². The van der Waals surface area contributed by atoms with E-state index in [1.54, 1.807) is 36.4 Å². The number of nitriles is 1. The smallest absolute Gasteiger partial charge is 0.339 e. The SMILES string of the molecule is CC(C)(C)c1ccccc1Nc1nc(Nc2ccc(C#N)cc2)ncc1C(F)(F)F. The van der Waals surface area contributed by atoms with Crippen molar-refractivity contribution < 1.29 is 13.2 Å². The molecule has 3 aromatic rings. The molecule has 0 radical (unpaired) electrons. The monoisotopic (exact) mass is 411 g/mol. The molecule has 154 valence electrons. The molecule has 0 bridgehead atoms. The standard InChI is InChI=1S/C22H20F3N5/c1-21(2,3)16-6-4-5-7-18(16)29-19-17(22(23,24)25)13-27-20(30-19)28-15-10-8-14(12-26)9-11-15/h4-11,13H,1-3H3,(H2,27,28,29,30). The predicted octanol–water partition coefficient (Wildman–Crippen LogP) is 6.15. The van der Waals surface area contributed by atoms with Crippen molar-refractivity contribution in [3.63, 3.8) is 0 Å². The van der Waals surface area contributed by atoms with Crippen LogP contribution in [-0.2, 0) is 11.6 Å². The van der Waals surface area contributed by atoms with Crippen molar-refractivity contribution in [3.05, 3.63) is 71.4 Å². The maximum Gasteiger partial charge on any atom is 0.421 e. The molecular weight excluding hydrogens is 391 g/mol. The van der Waals surface area contributed by atoms with Gasteiger partial charge in [-0.1, -0.05) is 39.0 Å². The van der Waals surface area contributed by atoms with E-state index in [1.165, 1.54) is 0 Å². The summed E-state index contributed by atoms with van der Waals surface area (Å²) in [5, 5.41) is 14.6. The Labute approximate surface area is 172 Å². The highest BCUT2D eigenvalue weighted by Gasteiger charge is 2.35. The molecule has 0 fully saturated rings. The number of hydrogen-bond acceptors (Lipinski definition) is 5. The van der Waals surface area contributed by atoms with E-state index in [2.05, 4.69) is 20.6 Å². The van der Waals surface area contributed by atoms with Crippen LogP contribution in [0.1, 0.15) is 37.5 Å². The van der Waals surface area contributed by atoms with E-state index in [0.717, 1.165) is 11.8 Å². The molecule has 0 amide bonds. The zero-order valence-corrected chi connectivity index (χ0v) is 16.7. The van der Waals surface area contributed by atoms with Crippen LogP contribution in [0.5, 0.6) is 0 Å². The second kappa shape index (κ2) is 8.03. The van der Waals surface area contributed by atoms with Gasteiger partial charge in [-0.3, -0.25) is 0 Å². The number of rotatable bonds is 4. The highest BCUT2D eigenvalue weighted by molar-refractivity contribution is 5.66. The Balaban J connectivity index is 2.00. The second-order valence-electron chi connectivity index (χ2n) is 7.69. The molecule has 0 saturated carbocycles. The Kier molecular flexibility index (Phi) is 5.65. The fourth-order valence-corrected chi connectivity index (χ4v) is 2.88. The molecule has 0 aliphatic heterocycles. The minimum atomic E-state index is -4.62. The first-order chi connectivity index (χ1) is 14.1. The average molecular weight is 411 g/mol. The van der Waals surface area contributed by atoms with E-state index in [1.807, 2.05) is 39.0 Å². The van der Waals surface area contributed by atoms with Crippen LogP contribution in [0, 0.1) is 11.3 Å². The minimum absolute atomic E-state index is 0.00319. The molecule has 0 atom stereocenters. The van der Waals surface area contributed by atoms with E-state index in [0.29, 0.717) is 16.9 Å². The van der Waals surface area contributed by atoms with Crippen molar-refractivity contribution in [1.29, 1.82) is 5.26 Å². The summed E-state index contributed by atoms with van der Waals surface area (Å²) in [6.07, 6.45) is -3.87. The highest BCUT2D eigenvalue weighted by Crippen LogP contribution is 2.37. The maximum absolute atomic E-state index is 13.6. The number of benzene rings is 2. The molecule has 0 aliphatic rings. The number of anilines is 4. The molecule has 3 rings (SSSR count). The summed E-state index contributed by atoms with van der Waals surface area (Å²) in [6, 6.07) is 15.6. The largest absolute Gasteiger partial charge is 0.421 e. The van der Waals surface area contributed by atoms with Crippen LogP contribution < -0.4 is 10.6 Å². The number of alkyl halides is 3. The number of nitrogens with one attached hydrogen (secondary N) is 2. The van der Waals surface area contributed by atoms with E-state index in [4.69, 9.17) is 5.26 Å². The van der Waals surface area contributed by atoms with Gasteiger partial charge in [0, 0.05) is 17.6 Å². The van der Waals surface area contributed by atoms with Crippen molar-refractivity contribution >= 4 is 23.1 Å². The number of nitrogens with zero attached hydrogens (tertiary/aromatic N) is 3. The van der Waals surface area contributed by atoms with E-state index in [-0.39, 0.29) is 17.2 Å². The molecule has 0 saturated heterocycles. The Morgan fingerprint density at radius 1 is 0.900 bits per heavy atom. The lowest BCUT2D eigenvalue weighted by Gasteiger charge is -2.24. The Morgan fingerprint density at radius 3 is 2.17 bits per heavy atom. The first kappa shape index (κ1) is 21.1. The maximum atomic E-state index is 13.6. The summed E-state index contributed by atoms with van der Waals surface area (Å²) in [7, 11) is 0. The fourth-order valence-electron chi connectivity index (χ4n) is 2.88. The number of aromatic nitrogens is 2. The third-order valence-corrected chi connectivity index (χ3v) is 4.35. The summed E-state index contributed by atoms with van der Waals surface area (Å²) in [5.41, 5.74) is 1.18. The molecule has 1 heterocycles. The first-order valence-corrected chi connectivity index (χ1v) is 9.16. The van der Waals surface area contributed by atoms with E-state index in [9.17, 15) is 13.2 Å². The average Bonchev–Trinajstić information content (AvgIpc) is 2.67. The van der Waals surface area contributed by atoms with Crippen LogP contribution >= 0.6 is 0 Å². The zero-order chi connectivity index (χ0) is 21.9. The number of halogens is 3. The molecular formula is C22H20F3N5. The molecule has 0 unspecified atom stereocenters. The van der Waals surface area contributed by atoms with Crippen molar-refractivity contribution in [3.8, 4) is 6.07 Å². The van der Waals surface area contributed by atoms with Crippen LogP contribution in [0.25, 0.3) is 0 Å². The summed E-state index contributed by atoms with van der Waals surface area (Å²) < 4.78 is 40.7. The van der Waals surface area contributed by atoms with Gasteiger partial charge in [0.2, 0.25) is 5.95 Å². The van der Waals surface area contributed by atoms with Gasteiger partial charge in [-0.15, -0.1) is 0 Å². The Morgan fingerprint density at radius 2 is 1.57 bits per heavy atom. The van der Waals surface area contributed by atoms with Crippen molar-refractivity contribution in [2.24, 2.45) is 0 Å². The summed E-state index contributed by atoms with van der Waals surface area (Å²) in [6.45, 7) is 5.95. The quantitative estimate of drug-likeness (QED) is 0.538. The highest BCUT2D eigenvalue weighted by atomic mass is 19.4. The lowest BCUT2D eigenvalue weighted by Crippen LogP contribution is -2.16. The Hall–Kier alpha value is -3.60. The third-order valence-electron chi connectivity index (χ3n) is 4.35. The predicted molar refractivity (Wildman–Crippen MR) is 110 cm³/mol. The van der Waals surface area contributed by atoms with E-state index >= 15 is 0 Å². The minimum Gasteiger partial charge on any atom is -0.339 e. The second-order valence-corrected chi connectivity index (χ2v) is 7.69. The number of hydrogen-bond donors (Lipinski definition) is 2. The lowest BCUT2D eigenvalue weighted by molar-refractivity contribution is -0.137. The molecule has 8 heteroatoms. The molecule has 2 aromatic carbocycles. The summed E-state index contributed by atoms with van der Waals surface area (Å²) >= 11 is 0. The number of para-hydroxylation sites is 1. The zero-order valence-electron chi connectivity index (χ0n) is 16.7. The van der Waals surface area contributed by atoms with Gasteiger partial charge < -0.3 is 10.6 Å². The lowest BCUT2D eigenvalue weighted by atomic mass is 9.86. The van der Waals surface area contributed by atoms with Gasteiger partial charge in [0.25, 0.3) is 0 Å². The summed E-state index contributed by atoms with van der Waals surface area (Å²) in [4.78, 5) is 7.89. The normalized spacial score (nSPS) is 11.6. The summed E-state index contributed by atoms with van der Waals surface area (Å²) in [5.74, 6) is -0.339. The molecule has 5 nitrogen and oxygen atoms in total. The van der Waals surface area contributed by atoms with Gasteiger partial charge in [-0.2, -0.15) is 23.4 Å². The molecule has 2 N–H and O–H groups in total. The molecule has 0 aliphatic carbocycles. The third kappa shape index (κ3) is 4.87. The van der Waals surface area contributed by atoms with Crippen molar-refractivity contribution in [2.45, 2.75) is 32.4 Å². The van der Waals surface area contributed by atoms with Crippen LogP contribution in [0.4, 0.5) is 36.3 Å². The molecule has 30 heavy (non-hydrogen) atoms. The topological polar surface area (TPSA) is 73.6 Å². The van der Waals surface area contributed by atoms with Gasteiger partial charge in [0.05, 0.1) is 11.6 Å².